The Kier molecular flexibility index (Phi) is 4.85. The summed E-state index contributed by atoms with van der Waals surface area (Å²) in [5.41, 5.74) is 1.05. The SMILES string of the molecule is COc1cc(C(=O)OCc2cc(C)no2)cc(OC)c1Br. The normalized spacial score (nSPS) is 10.3. The molecule has 112 valence electrons. The van der Waals surface area contributed by atoms with Crippen molar-refractivity contribution in [1.82, 2.24) is 5.16 Å². The van der Waals surface area contributed by atoms with Crippen LogP contribution < -0.4 is 9.47 Å². The van der Waals surface area contributed by atoms with Crippen molar-refractivity contribution in [3.05, 3.63) is 39.7 Å². The van der Waals surface area contributed by atoms with Crippen LogP contribution in [0.1, 0.15) is 21.8 Å². The van der Waals surface area contributed by atoms with E-state index in [1.165, 1.54) is 14.2 Å². The molecule has 21 heavy (non-hydrogen) atoms. The van der Waals surface area contributed by atoms with E-state index >= 15 is 0 Å². The first-order valence-corrected chi connectivity index (χ1v) is 6.85. The summed E-state index contributed by atoms with van der Waals surface area (Å²) in [7, 11) is 3.01. The van der Waals surface area contributed by atoms with Crippen LogP contribution in [0.25, 0.3) is 0 Å². The second kappa shape index (κ2) is 6.62. The Hall–Kier alpha value is -2.02. The van der Waals surface area contributed by atoms with Gasteiger partial charge in [0.25, 0.3) is 0 Å². The lowest BCUT2D eigenvalue weighted by atomic mass is 10.2. The van der Waals surface area contributed by atoms with Gasteiger partial charge in [-0.1, -0.05) is 5.16 Å². The Labute approximate surface area is 130 Å². The third-order valence-corrected chi connectivity index (χ3v) is 3.49. The van der Waals surface area contributed by atoms with Crippen LogP contribution in [-0.4, -0.2) is 25.3 Å². The molecule has 6 nitrogen and oxygen atoms in total. The van der Waals surface area contributed by atoms with Crippen LogP contribution >= 0.6 is 15.9 Å². The van der Waals surface area contributed by atoms with Crippen LogP contribution in [0, 0.1) is 6.92 Å². The van der Waals surface area contributed by atoms with Crippen molar-refractivity contribution < 1.29 is 23.5 Å². The second-order valence-corrected chi connectivity index (χ2v) is 5.00. The maximum Gasteiger partial charge on any atom is 0.338 e. The van der Waals surface area contributed by atoms with E-state index in [1.807, 2.05) is 0 Å². The number of aryl methyl sites for hydroxylation is 1. The van der Waals surface area contributed by atoms with Gasteiger partial charge in [-0.2, -0.15) is 0 Å². The zero-order chi connectivity index (χ0) is 15.4. The molecule has 1 heterocycles. The molecule has 2 aromatic rings. The maximum absolute atomic E-state index is 12.1. The molecule has 0 spiro atoms. The number of hydrogen-bond donors (Lipinski definition) is 0. The van der Waals surface area contributed by atoms with Crippen molar-refractivity contribution in [2.24, 2.45) is 0 Å². The number of rotatable bonds is 5. The molecule has 0 aliphatic heterocycles. The summed E-state index contributed by atoms with van der Waals surface area (Å²) in [6.45, 7) is 1.81. The van der Waals surface area contributed by atoms with Crippen molar-refractivity contribution in [3.63, 3.8) is 0 Å². The Balaban J connectivity index is 2.15. The molecule has 0 bridgehead atoms. The summed E-state index contributed by atoms with van der Waals surface area (Å²) >= 11 is 3.34. The van der Waals surface area contributed by atoms with E-state index in [0.29, 0.717) is 27.3 Å². The number of carbonyl (C=O) groups excluding carboxylic acids is 1. The van der Waals surface area contributed by atoms with Crippen molar-refractivity contribution in [2.75, 3.05) is 14.2 Å². The fourth-order valence-electron chi connectivity index (χ4n) is 1.69. The van der Waals surface area contributed by atoms with Crippen molar-refractivity contribution in [3.8, 4) is 11.5 Å². The van der Waals surface area contributed by atoms with Crippen molar-refractivity contribution >= 4 is 21.9 Å². The van der Waals surface area contributed by atoms with Crippen molar-refractivity contribution in [2.45, 2.75) is 13.5 Å². The van der Waals surface area contributed by atoms with Gasteiger partial charge in [-0.3, -0.25) is 0 Å². The number of nitrogens with zero attached hydrogens (tertiary/aromatic N) is 1. The lowest BCUT2D eigenvalue weighted by molar-refractivity contribution is 0.0436. The standard InChI is InChI=1S/C14H14BrNO5/c1-8-4-10(21-16-8)7-20-14(17)9-5-11(18-2)13(15)12(6-9)19-3/h4-6H,7H2,1-3H3. The molecule has 1 aromatic carbocycles. The first-order chi connectivity index (χ1) is 10.0. The highest BCUT2D eigenvalue weighted by atomic mass is 79.9. The van der Waals surface area contributed by atoms with Crippen LogP contribution in [0.3, 0.4) is 0 Å². The van der Waals surface area contributed by atoms with Gasteiger partial charge in [-0.25, -0.2) is 4.79 Å². The summed E-state index contributed by atoms with van der Waals surface area (Å²) in [4.78, 5) is 12.1. The Morgan fingerprint density at radius 3 is 2.33 bits per heavy atom. The second-order valence-electron chi connectivity index (χ2n) is 4.21. The Bertz CT molecular complexity index is 628. The van der Waals surface area contributed by atoms with E-state index in [0.717, 1.165) is 5.69 Å². The Morgan fingerprint density at radius 1 is 1.24 bits per heavy atom. The topological polar surface area (TPSA) is 70.8 Å². The van der Waals surface area contributed by atoms with Crippen LogP contribution in [-0.2, 0) is 11.3 Å². The zero-order valence-corrected chi connectivity index (χ0v) is 13.4. The van der Waals surface area contributed by atoms with Crippen LogP contribution in [0.2, 0.25) is 0 Å². The minimum atomic E-state index is -0.506. The average Bonchev–Trinajstić information content (AvgIpc) is 2.90. The summed E-state index contributed by atoms with van der Waals surface area (Å²) in [5.74, 6) is 0.943. The lowest BCUT2D eigenvalue weighted by Gasteiger charge is -2.11. The molecule has 7 heteroatoms. The van der Waals surface area contributed by atoms with E-state index in [2.05, 4.69) is 21.1 Å². The fourth-order valence-corrected chi connectivity index (χ4v) is 2.24. The molecule has 0 radical (unpaired) electrons. The molecule has 0 N–H and O–H groups in total. The van der Waals surface area contributed by atoms with Crippen LogP contribution in [0.4, 0.5) is 0 Å². The lowest BCUT2D eigenvalue weighted by Crippen LogP contribution is -2.06. The van der Waals surface area contributed by atoms with E-state index in [4.69, 9.17) is 18.7 Å². The third kappa shape index (κ3) is 3.55. The number of halogens is 1. The van der Waals surface area contributed by atoms with Gasteiger partial charge in [-0.15, -0.1) is 0 Å². The highest BCUT2D eigenvalue weighted by Crippen LogP contribution is 2.35. The molecule has 0 fully saturated rings. The third-order valence-electron chi connectivity index (χ3n) is 2.70. The van der Waals surface area contributed by atoms with E-state index in [-0.39, 0.29) is 6.61 Å². The summed E-state index contributed by atoms with van der Waals surface area (Å²) in [6, 6.07) is 4.84. The molecule has 0 aliphatic rings. The van der Waals surface area contributed by atoms with E-state index < -0.39 is 5.97 Å². The molecule has 1 aromatic heterocycles. The van der Waals surface area contributed by atoms with Gasteiger partial charge < -0.3 is 18.7 Å². The van der Waals surface area contributed by atoms with Gasteiger partial charge in [0.15, 0.2) is 12.4 Å². The molecule has 0 saturated heterocycles. The first kappa shape index (κ1) is 15.4. The Morgan fingerprint density at radius 2 is 1.86 bits per heavy atom. The first-order valence-electron chi connectivity index (χ1n) is 6.06. The number of aromatic nitrogens is 1. The van der Waals surface area contributed by atoms with Gasteiger partial charge in [0.2, 0.25) is 0 Å². The number of methoxy groups -OCH3 is 2. The largest absolute Gasteiger partial charge is 0.495 e. The highest BCUT2D eigenvalue weighted by molar-refractivity contribution is 9.10. The molecule has 0 aliphatic carbocycles. The van der Waals surface area contributed by atoms with E-state index in [1.54, 1.807) is 25.1 Å². The molecule has 0 unspecified atom stereocenters. The molecule has 0 atom stereocenters. The fraction of sp³-hybridized carbons (Fsp3) is 0.286. The maximum atomic E-state index is 12.1. The molecular weight excluding hydrogens is 342 g/mol. The van der Waals surface area contributed by atoms with Gasteiger partial charge in [0.1, 0.15) is 16.0 Å². The van der Waals surface area contributed by atoms with Crippen molar-refractivity contribution in [1.29, 1.82) is 0 Å². The summed E-state index contributed by atoms with van der Waals surface area (Å²) in [6.07, 6.45) is 0. The minimum Gasteiger partial charge on any atom is -0.495 e. The predicted molar refractivity (Wildman–Crippen MR) is 77.6 cm³/mol. The number of esters is 1. The number of hydrogen-bond acceptors (Lipinski definition) is 6. The van der Waals surface area contributed by atoms with Gasteiger partial charge in [-0.05, 0) is 35.0 Å². The minimum absolute atomic E-state index is 0.0143. The smallest absolute Gasteiger partial charge is 0.338 e. The number of benzene rings is 1. The molecule has 2 rings (SSSR count). The average molecular weight is 356 g/mol. The zero-order valence-electron chi connectivity index (χ0n) is 11.8. The highest BCUT2D eigenvalue weighted by Gasteiger charge is 2.16. The summed E-state index contributed by atoms with van der Waals surface area (Å²) in [5, 5.41) is 3.72. The monoisotopic (exact) mass is 355 g/mol. The number of carbonyl (C=O) groups is 1. The van der Waals surface area contributed by atoms with Gasteiger partial charge in [0, 0.05) is 6.07 Å². The summed E-state index contributed by atoms with van der Waals surface area (Å²) < 4.78 is 21.1. The number of ether oxygens (including phenoxy) is 3. The molecule has 0 saturated carbocycles. The van der Waals surface area contributed by atoms with Gasteiger partial charge >= 0.3 is 5.97 Å². The van der Waals surface area contributed by atoms with Crippen LogP contribution in [0.15, 0.2) is 27.2 Å². The predicted octanol–water partition coefficient (Wildman–Crippen LogP) is 3.12. The molecular formula is C14H14BrNO5. The van der Waals surface area contributed by atoms with Crippen LogP contribution in [0.5, 0.6) is 11.5 Å². The van der Waals surface area contributed by atoms with Gasteiger partial charge in [0.05, 0.1) is 25.5 Å². The molecule has 0 amide bonds. The van der Waals surface area contributed by atoms with E-state index in [9.17, 15) is 4.79 Å². The quantitative estimate of drug-likeness (QED) is 0.767.